The van der Waals surface area contributed by atoms with Crippen LogP contribution in [0.5, 0.6) is 0 Å². The molecule has 7 nitrogen and oxygen atoms in total. The molecule has 124 valence electrons. The predicted octanol–water partition coefficient (Wildman–Crippen LogP) is 2.22. The summed E-state index contributed by atoms with van der Waals surface area (Å²) in [6, 6.07) is 3.79. The average molecular weight is 324 g/mol. The largest absolute Gasteiger partial charge is 0.337 e. The van der Waals surface area contributed by atoms with Crippen LogP contribution in [0.4, 0.5) is 5.69 Å². The molecule has 0 radical (unpaired) electrons. The van der Waals surface area contributed by atoms with E-state index < -0.39 is 0 Å². The monoisotopic (exact) mass is 324 g/mol. The molecule has 0 spiro atoms. The number of nitrogens with zero attached hydrogens (tertiary/aromatic N) is 6. The lowest BCUT2D eigenvalue weighted by Crippen LogP contribution is -2.31. The van der Waals surface area contributed by atoms with Gasteiger partial charge in [-0.15, -0.1) is 0 Å². The molecule has 0 unspecified atom stereocenters. The second-order valence-corrected chi connectivity index (χ2v) is 5.44. The number of carbonyl (C=O) groups excluding carboxylic acids is 1. The zero-order valence-corrected chi connectivity index (χ0v) is 13.8. The van der Waals surface area contributed by atoms with Crippen molar-refractivity contribution in [1.82, 2.24) is 24.3 Å². The summed E-state index contributed by atoms with van der Waals surface area (Å²) in [5.74, 6) is 0.0695. The van der Waals surface area contributed by atoms with Gasteiger partial charge in [0.15, 0.2) is 0 Å². The fraction of sp³-hybridized carbons (Fsp3) is 0.294. The molecule has 0 aromatic carbocycles. The summed E-state index contributed by atoms with van der Waals surface area (Å²) in [5, 5.41) is 4.51. The minimum absolute atomic E-state index is 0.0695. The Hall–Kier alpha value is -2.96. The van der Waals surface area contributed by atoms with Gasteiger partial charge in [0.25, 0.3) is 0 Å². The van der Waals surface area contributed by atoms with E-state index >= 15 is 0 Å². The number of aryl methyl sites for hydroxylation is 2. The molecule has 0 saturated carbocycles. The van der Waals surface area contributed by atoms with Gasteiger partial charge in [-0.2, -0.15) is 5.10 Å². The molecule has 0 saturated heterocycles. The molecule has 3 rings (SSSR count). The van der Waals surface area contributed by atoms with Gasteiger partial charge in [-0.1, -0.05) is 0 Å². The van der Waals surface area contributed by atoms with Gasteiger partial charge in [-0.25, -0.2) is 9.67 Å². The summed E-state index contributed by atoms with van der Waals surface area (Å²) < 4.78 is 3.65. The molecule has 0 bridgehead atoms. The first-order valence-electron chi connectivity index (χ1n) is 7.92. The molecule has 0 aliphatic carbocycles. The van der Waals surface area contributed by atoms with Gasteiger partial charge in [0.2, 0.25) is 5.91 Å². The maximum Gasteiger partial charge on any atom is 0.228 e. The number of hydrogen-bond donors (Lipinski definition) is 0. The summed E-state index contributed by atoms with van der Waals surface area (Å²) in [5.41, 5.74) is 2.52. The SMILES string of the molecule is CCN(C(=O)CCn1ccnc1)c1cn(-c2cccnc2)nc1C. The summed E-state index contributed by atoms with van der Waals surface area (Å²) in [7, 11) is 0. The van der Waals surface area contributed by atoms with E-state index in [1.54, 1.807) is 34.5 Å². The highest BCUT2D eigenvalue weighted by atomic mass is 16.2. The quantitative estimate of drug-likeness (QED) is 0.697. The highest BCUT2D eigenvalue weighted by Crippen LogP contribution is 2.21. The van der Waals surface area contributed by atoms with Crippen LogP contribution in [0.2, 0.25) is 0 Å². The van der Waals surface area contributed by atoms with Crippen LogP contribution in [-0.2, 0) is 11.3 Å². The van der Waals surface area contributed by atoms with Crippen LogP contribution in [0.3, 0.4) is 0 Å². The molecular formula is C17H20N6O. The lowest BCUT2D eigenvalue weighted by molar-refractivity contribution is -0.118. The molecular weight excluding hydrogens is 304 g/mol. The first kappa shape index (κ1) is 15.9. The second kappa shape index (κ2) is 7.08. The van der Waals surface area contributed by atoms with Gasteiger partial charge in [0, 0.05) is 38.1 Å². The van der Waals surface area contributed by atoms with E-state index in [-0.39, 0.29) is 5.91 Å². The summed E-state index contributed by atoms with van der Waals surface area (Å²) in [6.07, 6.45) is 11.0. The number of carbonyl (C=O) groups is 1. The van der Waals surface area contributed by atoms with Crippen LogP contribution in [0.1, 0.15) is 19.0 Å². The topological polar surface area (TPSA) is 68.8 Å². The average Bonchev–Trinajstić information content (AvgIpc) is 3.25. The van der Waals surface area contributed by atoms with Crippen molar-refractivity contribution < 1.29 is 4.79 Å². The van der Waals surface area contributed by atoms with Crippen molar-refractivity contribution in [2.45, 2.75) is 26.8 Å². The van der Waals surface area contributed by atoms with Gasteiger partial charge in [0.1, 0.15) is 0 Å². The Bertz CT molecular complexity index is 794. The van der Waals surface area contributed by atoms with Crippen molar-refractivity contribution in [2.75, 3.05) is 11.4 Å². The summed E-state index contributed by atoms with van der Waals surface area (Å²) >= 11 is 0. The van der Waals surface area contributed by atoms with Crippen molar-refractivity contribution in [3.8, 4) is 5.69 Å². The van der Waals surface area contributed by atoms with Crippen molar-refractivity contribution in [1.29, 1.82) is 0 Å². The molecule has 3 aromatic rings. The fourth-order valence-electron chi connectivity index (χ4n) is 2.60. The molecule has 1 amide bonds. The molecule has 0 aliphatic heterocycles. The lowest BCUT2D eigenvalue weighted by Gasteiger charge is -2.20. The van der Waals surface area contributed by atoms with Crippen molar-refractivity contribution in [2.24, 2.45) is 0 Å². The smallest absolute Gasteiger partial charge is 0.228 e. The zero-order valence-electron chi connectivity index (χ0n) is 13.8. The maximum absolute atomic E-state index is 12.6. The van der Waals surface area contributed by atoms with Crippen LogP contribution < -0.4 is 4.90 Å². The van der Waals surface area contributed by atoms with E-state index in [2.05, 4.69) is 15.1 Å². The molecule has 24 heavy (non-hydrogen) atoms. The number of rotatable bonds is 6. The predicted molar refractivity (Wildman–Crippen MR) is 91.0 cm³/mol. The fourth-order valence-corrected chi connectivity index (χ4v) is 2.60. The third-order valence-electron chi connectivity index (χ3n) is 3.83. The van der Waals surface area contributed by atoms with E-state index in [4.69, 9.17) is 0 Å². The van der Waals surface area contributed by atoms with Crippen LogP contribution in [0.15, 0.2) is 49.4 Å². The molecule has 0 atom stereocenters. The number of hydrogen-bond acceptors (Lipinski definition) is 4. The summed E-state index contributed by atoms with van der Waals surface area (Å²) in [4.78, 5) is 22.5. The van der Waals surface area contributed by atoms with E-state index in [1.807, 2.05) is 42.9 Å². The van der Waals surface area contributed by atoms with Gasteiger partial charge >= 0.3 is 0 Å². The van der Waals surface area contributed by atoms with Gasteiger partial charge in [0.05, 0.1) is 35.8 Å². The Morgan fingerprint density at radius 3 is 2.83 bits per heavy atom. The number of anilines is 1. The third-order valence-corrected chi connectivity index (χ3v) is 3.83. The lowest BCUT2D eigenvalue weighted by atomic mass is 10.3. The second-order valence-electron chi connectivity index (χ2n) is 5.44. The van der Waals surface area contributed by atoms with Crippen molar-refractivity contribution in [3.05, 3.63) is 55.1 Å². The Labute approximate surface area is 140 Å². The van der Waals surface area contributed by atoms with E-state index in [0.29, 0.717) is 19.5 Å². The van der Waals surface area contributed by atoms with Crippen molar-refractivity contribution in [3.63, 3.8) is 0 Å². The highest BCUT2D eigenvalue weighted by Gasteiger charge is 2.19. The Kier molecular flexibility index (Phi) is 4.69. The van der Waals surface area contributed by atoms with Gasteiger partial charge < -0.3 is 9.47 Å². The molecule has 0 fully saturated rings. The van der Waals surface area contributed by atoms with Gasteiger partial charge in [-0.3, -0.25) is 9.78 Å². The van der Waals surface area contributed by atoms with E-state index in [0.717, 1.165) is 17.1 Å². The Balaban J connectivity index is 1.77. The Morgan fingerprint density at radius 1 is 1.29 bits per heavy atom. The van der Waals surface area contributed by atoms with Gasteiger partial charge in [-0.05, 0) is 26.0 Å². The van der Waals surface area contributed by atoms with E-state index in [1.165, 1.54) is 0 Å². The molecule has 0 aliphatic rings. The van der Waals surface area contributed by atoms with E-state index in [9.17, 15) is 4.79 Å². The summed E-state index contributed by atoms with van der Waals surface area (Å²) in [6.45, 7) is 5.09. The minimum atomic E-state index is 0.0695. The minimum Gasteiger partial charge on any atom is -0.337 e. The third kappa shape index (κ3) is 3.34. The highest BCUT2D eigenvalue weighted by molar-refractivity contribution is 5.93. The van der Waals surface area contributed by atoms with Crippen LogP contribution >= 0.6 is 0 Å². The maximum atomic E-state index is 12.6. The molecule has 3 heterocycles. The zero-order chi connectivity index (χ0) is 16.9. The number of amides is 1. The van der Waals surface area contributed by atoms with Crippen molar-refractivity contribution >= 4 is 11.6 Å². The Morgan fingerprint density at radius 2 is 2.17 bits per heavy atom. The standard InChI is InChI=1S/C17H20N6O/c1-3-22(17(24)6-9-21-10-8-19-13-21)16-12-23(20-14(16)2)15-5-4-7-18-11-15/h4-5,7-8,10-13H,3,6,9H2,1-2H3. The van der Waals surface area contributed by atoms with Crippen LogP contribution in [-0.4, -0.2) is 36.8 Å². The normalized spacial score (nSPS) is 10.8. The number of pyridine rings is 1. The van der Waals surface area contributed by atoms with Crippen LogP contribution in [0.25, 0.3) is 5.69 Å². The molecule has 3 aromatic heterocycles. The first-order valence-corrected chi connectivity index (χ1v) is 7.92. The number of aromatic nitrogens is 5. The molecule has 0 N–H and O–H groups in total. The van der Waals surface area contributed by atoms with Crippen LogP contribution in [0, 0.1) is 6.92 Å². The molecule has 7 heteroatoms. The number of imidazole rings is 1. The first-order chi connectivity index (χ1) is 11.7.